The van der Waals surface area contributed by atoms with Crippen molar-refractivity contribution in [3.8, 4) is 0 Å². The van der Waals surface area contributed by atoms with Crippen molar-refractivity contribution < 1.29 is 4.79 Å². The fourth-order valence-corrected chi connectivity index (χ4v) is 3.76. The van der Waals surface area contributed by atoms with E-state index in [0.717, 1.165) is 22.6 Å². The monoisotopic (exact) mass is 423 g/mol. The molecular weight excluding hydrogens is 398 g/mol. The van der Waals surface area contributed by atoms with Crippen LogP contribution in [0.25, 0.3) is 0 Å². The molecule has 0 fully saturated rings. The Balaban J connectivity index is 0.000000755. The lowest BCUT2D eigenvalue weighted by Crippen LogP contribution is -2.26. The number of thiophene rings is 1. The maximum Gasteiger partial charge on any atom is 0.284 e. The van der Waals surface area contributed by atoms with Crippen molar-refractivity contribution in [2.45, 2.75) is 26.3 Å². The van der Waals surface area contributed by atoms with E-state index in [9.17, 15) is 4.79 Å². The third kappa shape index (κ3) is 5.08. The Hall–Kier alpha value is -2.57. The first-order valence-electron chi connectivity index (χ1n) is 9.51. The Labute approximate surface area is 181 Å². The van der Waals surface area contributed by atoms with E-state index in [1.807, 2.05) is 48.7 Å². The molecule has 0 saturated heterocycles. The summed E-state index contributed by atoms with van der Waals surface area (Å²) in [6.45, 7) is 4.05. The first-order chi connectivity index (χ1) is 14.0. The van der Waals surface area contributed by atoms with Crippen LogP contribution in [0.1, 0.15) is 45.7 Å². The number of hydrogen-bond donors (Lipinski definition) is 2. The SMILES string of the molecule is CCS.Cc1ccc(C2CC(c3ccc(N)cc3)=NN2C(=O)c2cccs2)cc1. The van der Waals surface area contributed by atoms with E-state index < -0.39 is 0 Å². The van der Waals surface area contributed by atoms with Crippen LogP contribution >= 0.6 is 24.0 Å². The Morgan fingerprint density at radius 2 is 1.83 bits per heavy atom. The van der Waals surface area contributed by atoms with Crippen LogP contribution in [0.5, 0.6) is 0 Å². The van der Waals surface area contributed by atoms with Crippen molar-refractivity contribution in [1.82, 2.24) is 5.01 Å². The summed E-state index contributed by atoms with van der Waals surface area (Å²) in [6, 6.07) is 19.6. The van der Waals surface area contributed by atoms with Crippen LogP contribution in [-0.4, -0.2) is 22.4 Å². The summed E-state index contributed by atoms with van der Waals surface area (Å²) < 4.78 is 0. The summed E-state index contributed by atoms with van der Waals surface area (Å²) in [4.78, 5) is 13.7. The lowest BCUT2D eigenvalue weighted by Gasteiger charge is -2.21. The smallest absolute Gasteiger partial charge is 0.284 e. The average Bonchev–Trinajstić information content (AvgIpc) is 3.40. The maximum absolute atomic E-state index is 13.0. The van der Waals surface area contributed by atoms with E-state index >= 15 is 0 Å². The molecule has 6 heteroatoms. The fraction of sp³-hybridized carbons (Fsp3) is 0.217. The zero-order chi connectivity index (χ0) is 20.8. The van der Waals surface area contributed by atoms with Gasteiger partial charge in [0.25, 0.3) is 5.91 Å². The molecule has 2 N–H and O–H groups in total. The van der Waals surface area contributed by atoms with E-state index in [1.165, 1.54) is 16.9 Å². The molecule has 2 aromatic carbocycles. The molecular formula is C23H25N3OS2. The zero-order valence-corrected chi connectivity index (χ0v) is 18.3. The fourth-order valence-electron chi connectivity index (χ4n) is 3.11. The predicted octanol–water partition coefficient (Wildman–Crippen LogP) is 5.57. The van der Waals surface area contributed by atoms with Gasteiger partial charge in [0.15, 0.2) is 0 Å². The van der Waals surface area contributed by atoms with E-state index in [0.29, 0.717) is 17.0 Å². The van der Waals surface area contributed by atoms with E-state index in [-0.39, 0.29) is 11.9 Å². The number of nitrogens with two attached hydrogens (primary N) is 1. The maximum atomic E-state index is 13.0. The summed E-state index contributed by atoms with van der Waals surface area (Å²) >= 11 is 5.23. The number of amides is 1. The Kier molecular flexibility index (Phi) is 7.12. The summed E-state index contributed by atoms with van der Waals surface area (Å²) in [5.41, 5.74) is 10.7. The number of nitrogens with zero attached hydrogens (tertiary/aromatic N) is 2. The van der Waals surface area contributed by atoms with Gasteiger partial charge in [0.2, 0.25) is 0 Å². The first kappa shape index (κ1) is 21.1. The van der Waals surface area contributed by atoms with Crippen molar-refractivity contribution in [1.29, 1.82) is 0 Å². The van der Waals surface area contributed by atoms with E-state index in [2.05, 4.69) is 43.8 Å². The highest BCUT2D eigenvalue weighted by molar-refractivity contribution is 7.80. The molecule has 3 aromatic rings. The van der Waals surface area contributed by atoms with E-state index in [4.69, 9.17) is 10.8 Å². The molecule has 0 bridgehead atoms. The molecule has 0 spiro atoms. The molecule has 4 nitrogen and oxygen atoms in total. The highest BCUT2D eigenvalue weighted by Gasteiger charge is 2.33. The van der Waals surface area contributed by atoms with Crippen LogP contribution < -0.4 is 5.73 Å². The highest BCUT2D eigenvalue weighted by Crippen LogP contribution is 2.34. The molecule has 0 aliphatic carbocycles. The number of carbonyl (C=O) groups is 1. The molecule has 1 atom stereocenters. The van der Waals surface area contributed by atoms with Gasteiger partial charge in [-0.3, -0.25) is 4.79 Å². The number of benzene rings is 2. The van der Waals surface area contributed by atoms with Gasteiger partial charge in [-0.25, -0.2) is 5.01 Å². The molecule has 1 aromatic heterocycles. The number of hydrogen-bond acceptors (Lipinski definition) is 5. The number of nitrogen functional groups attached to an aromatic ring is 1. The number of anilines is 1. The number of rotatable bonds is 3. The van der Waals surface area contributed by atoms with Crippen LogP contribution in [0.4, 0.5) is 5.69 Å². The second-order valence-corrected chi connectivity index (χ2v) is 8.32. The molecule has 150 valence electrons. The summed E-state index contributed by atoms with van der Waals surface area (Å²) in [5, 5.41) is 8.23. The van der Waals surface area contributed by atoms with Gasteiger partial charge in [-0.1, -0.05) is 55.0 Å². The van der Waals surface area contributed by atoms with Crippen LogP contribution in [0.3, 0.4) is 0 Å². The van der Waals surface area contributed by atoms with Crippen LogP contribution in [0, 0.1) is 6.92 Å². The van der Waals surface area contributed by atoms with E-state index in [1.54, 1.807) is 5.01 Å². The minimum atomic E-state index is -0.0993. The van der Waals surface area contributed by atoms with Gasteiger partial charge in [0.1, 0.15) is 0 Å². The third-order valence-electron chi connectivity index (χ3n) is 4.56. The van der Waals surface area contributed by atoms with Crippen molar-refractivity contribution in [3.63, 3.8) is 0 Å². The topological polar surface area (TPSA) is 58.7 Å². The highest BCUT2D eigenvalue weighted by atomic mass is 32.1. The van der Waals surface area contributed by atoms with Gasteiger partial charge >= 0.3 is 0 Å². The summed E-state index contributed by atoms with van der Waals surface area (Å²) in [6.07, 6.45) is 0.685. The first-order valence-corrected chi connectivity index (χ1v) is 11.0. The Morgan fingerprint density at radius 1 is 1.17 bits per heavy atom. The molecule has 0 saturated carbocycles. The van der Waals surface area contributed by atoms with Crippen molar-refractivity contribution in [3.05, 3.63) is 87.6 Å². The Morgan fingerprint density at radius 3 is 2.41 bits per heavy atom. The second-order valence-electron chi connectivity index (χ2n) is 6.74. The molecule has 2 heterocycles. The Bertz CT molecular complexity index is 964. The summed E-state index contributed by atoms with van der Waals surface area (Å²) in [5.74, 6) is 0.885. The van der Waals surface area contributed by atoms with Crippen LogP contribution in [0.2, 0.25) is 0 Å². The lowest BCUT2D eigenvalue weighted by atomic mass is 9.97. The quantitative estimate of drug-likeness (QED) is 0.428. The molecule has 29 heavy (non-hydrogen) atoms. The van der Waals surface area contributed by atoms with Gasteiger partial charge in [-0.15, -0.1) is 11.3 Å². The van der Waals surface area contributed by atoms with Crippen LogP contribution in [0.15, 0.2) is 71.1 Å². The molecule has 1 aliphatic rings. The average molecular weight is 424 g/mol. The number of thiol groups is 1. The van der Waals surface area contributed by atoms with Crippen molar-refractivity contribution in [2.75, 3.05) is 11.5 Å². The van der Waals surface area contributed by atoms with Gasteiger partial charge < -0.3 is 5.73 Å². The van der Waals surface area contributed by atoms with Gasteiger partial charge in [-0.2, -0.15) is 17.7 Å². The summed E-state index contributed by atoms with van der Waals surface area (Å²) in [7, 11) is 0. The van der Waals surface area contributed by atoms with Crippen LogP contribution in [-0.2, 0) is 0 Å². The minimum Gasteiger partial charge on any atom is -0.399 e. The predicted molar refractivity (Wildman–Crippen MR) is 126 cm³/mol. The number of aryl methyl sites for hydroxylation is 1. The molecule has 1 aliphatic heterocycles. The molecule has 4 rings (SSSR count). The standard InChI is InChI=1S/C21H19N3OS.C2H6S/c1-14-4-6-16(7-5-14)19-13-18(15-8-10-17(22)11-9-15)23-24(19)21(25)20-3-2-12-26-20;1-2-3/h2-12,19H,13,22H2,1H3;3H,2H2,1H3. The van der Waals surface area contributed by atoms with Gasteiger partial charge in [-0.05, 0) is 47.4 Å². The number of hydrazone groups is 1. The number of carbonyl (C=O) groups excluding carboxylic acids is 1. The van der Waals surface area contributed by atoms with Gasteiger partial charge in [0.05, 0.1) is 16.6 Å². The molecule has 1 unspecified atom stereocenters. The van der Waals surface area contributed by atoms with Crippen molar-refractivity contribution in [2.24, 2.45) is 5.10 Å². The molecule has 0 radical (unpaired) electrons. The normalized spacial score (nSPS) is 15.5. The second kappa shape index (κ2) is 9.76. The van der Waals surface area contributed by atoms with Crippen molar-refractivity contribution >= 4 is 41.3 Å². The lowest BCUT2D eigenvalue weighted by molar-refractivity contribution is 0.0716. The minimum absolute atomic E-state index is 0.0592. The molecule has 1 amide bonds. The largest absolute Gasteiger partial charge is 0.399 e. The third-order valence-corrected chi connectivity index (χ3v) is 5.41. The van der Waals surface area contributed by atoms with Gasteiger partial charge in [0, 0.05) is 12.1 Å². The zero-order valence-electron chi connectivity index (χ0n) is 16.6.